The largest absolute Gasteiger partial charge is 0.376 e. The van der Waals surface area contributed by atoms with Crippen LogP contribution in [0.4, 0.5) is 5.69 Å². The molecule has 3 amide bonds. The van der Waals surface area contributed by atoms with Crippen molar-refractivity contribution in [1.29, 1.82) is 0 Å². The Labute approximate surface area is 157 Å². The van der Waals surface area contributed by atoms with Crippen LogP contribution in [0.25, 0.3) is 0 Å². The van der Waals surface area contributed by atoms with Gasteiger partial charge in [-0.1, -0.05) is 18.2 Å². The van der Waals surface area contributed by atoms with Gasteiger partial charge in [0.1, 0.15) is 0 Å². The molecule has 3 aliphatic rings. The van der Waals surface area contributed by atoms with E-state index in [-0.39, 0.29) is 35.7 Å². The number of benzene rings is 1. The van der Waals surface area contributed by atoms with Crippen LogP contribution in [-0.2, 0) is 14.3 Å². The lowest BCUT2D eigenvalue weighted by Crippen LogP contribution is -2.59. The van der Waals surface area contributed by atoms with Crippen molar-refractivity contribution in [2.24, 2.45) is 11.8 Å². The molecule has 0 radical (unpaired) electrons. The predicted molar refractivity (Wildman–Crippen MR) is 98.7 cm³/mol. The number of hydrogen-bond donors (Lipinski definition) is 2. The van der Waals surface area contributed by atoms with E-state index in [1.807, 2.05) is 12.2 Å². The Hall–Kier alpha value is -2.67. The van der Waals surface area contributed by atoms with E-state index < -0.39 is 0 Å². The van der Waals surface area contributed by atoms with Crippen LogP contribution >= 0.6 is 0 Å². The predicted octanol–water partition coefficient (Wildman–Crippen LogP) is 1.56. The maximum absolute atomic E-state index is 12.8. The first-order valence-corrected chi connectivity index (χ1v) is 9.43. The number of nitrogens with one attached hydrogen (secondary N) is 2. The van der Waals surface area contributed by atoms with E-state index in [2.05, 4.69) is 10.7 Å². The van der Waals surface area contributed by atoms with E-state index in [1.54, 1.807) is 24.3 Å². The molecule has 1 aliphatic carbocycles. The zero-order valence-corrected chi connectivity index (χ0v) is 15.0. The molecule has 0 aromatic heterocycles. The molecule has 2 heterocycles. The molecule has 2 fully saturated rings. The molecule has 1 aromatic carbocycles. The Morgan fingerprint density at radius 1 is 1.22 bits per heavy atom. The monoisotopic (exact) mass is 369 g/mol. The molecule has 27 heavy (non-hydrogen) atoms. The number of rotatable bonds is 4. The summed E-state index contributed by atoms with van der Waals surface area (Å²) < 4.78 is 5.51. The van der Waals surface area contributed by atoms with Crippen molar-refractivity contribution in [3.05, 3.63) is 42.0 Å². The average Bonchev–Trinajstić information content (AvgIpc) is 3.23. The van der Waals surface area contributed by atoms with Crippen LogP contribution in [0.2, 0.25) is 0 Å². The fourth-order valence-corrected chi connectivity index (χ4v) is 3.88. The Balaban J connectivity index is 1.48. The molecule has 7 nitrogen and oxygen atoms in total. The topological polar surface area (TPSA) is 87.7 Å². The summed E-state index contributed by atoms with van der Waals surface area (Å²) in [5.41, 5.74) is 3.62. The molecule has 2 N–H and O–H groups in total. The van der Waals surface area contributed by atoms with Crippen LogP contribution in [0.1, 0.15) is 36.0 Å². The molecule has 142 valence electrons. The van der Waals surface area contributed by atoms with E-state index >= 15 is 0 Å². The first-order valence-electron chi connectivity index (χ1n) is 9.43. The van der Waals surface area contributed by atoms with Crippen LogP contribution in [0, 0.1) is 11.8 Å². The second-order valence-corrected chi connectivity index (χ2v) is 7.20. The zero-order valence-electron chi connectivity index (χ0n) is 15.0. The van der Waals surface area contributed by atoms with Crippen LogP contribution in [-0.4, -0.2) is 37.0 Å². The summed E-state index contributed by atoms with van der Waals surface area (Å²) in [7, 11) is 0. The standard InChI is InChI=1S/C20H23N3O4/c24-18(21-12-15-7-4-10-27-15)13-5-3-6-14(11-13)23-20(26)17-9-2-1-8-16(17)19(25)22-23/h1-3,5-6,11,15-17H,4,7-10,12H2,(H,21,24)(H,22,25)/t15-,16+,17-/m0/s1. The van der Waals surface area contributed by atoms with Gasteiger partial charge in [0.2, 0.25) is 11.8 Å². The number of fused-ring (bicyclic) bond motifs is 1. The van der Waals surface area contributed by atoms with E-state index in [9.17, 15) is 14.4 Å². The molecule has 7 heteroatoms. The van der Waals surface area contributed by atoms with E-state index in [0.29, 0.717) is 30.6 Å². The van der Waals surface area contributed by atoms with Crippen LogP contribution < -0.4 is 15.8 Å². The SMILES string of the molecule is O=C(NC[C@@H]1CCCO1)c1cccc(N2NC(=O)[C@@H]3CC=CC[C@@H]3C2=O)c1. The zero-order chi connectivity index (χ0) is 18.8. The Bertz CT molecular complexity index is 785. The summed E-state index contributed by atoms with van der Waals surface area (Å²) >= 11 is 0. The van der Waals surface area contributed by atoms with Gasteiger partial charge < -0.3 is 10.1 Å². The maximum atomic E-state index is 12.8. The molecule has 2 saturated heterocycles. The lowest BCUT2D eigenvalue weighted by atomic mass is 9.80. The molecule has 3 atom stereocenters. The van der Waals surface area contributed by atoms with E-state index in [4.69, 9.17) is 4.74 Å². The number of anilines is 1. The highest BCUT2D eigenvalue weighted by Gasteiger charge is 2.42. The van der Waals surface area contributed by atoms with Gasteiger partial charge in [0.15, 0.2) is 0 Å². The molecule has 4 rings (SSSR count). The minimum absolute atomic E-state index is 0.0661. The molecular weight excluding hydrogens is 346 g/mol. The van der Waals surface area contributed by atoms with E-state index in [1.165, 1.54) is 5.01 Å². The number of ether oxygens (including phenoxy) is 1. The summed E-state index contributed by atoms with van der Waals surface area (Å²) in [6, 6.07) is 6.75. The highest BCUT2D eigenvalue weighted by atomic mass is 16.5. The summed E-state index contributed by atoms with van der Waals surface area (Å²) in [5.74, 6) is -1.17. The van der Waals surface area contributed by atoms with Crippen molar-refractivity contribution >= 4 is 23.4 Å². The minimum Gasteiger partial charge on any atom is -0.376 e. The van der Waals surface area contributed by atoms with Crippen molar-refractivity contribution in [2.45, 2.75) is 31.8 Å². The van der Waals surface area contributed by atoms with Gasteiger partial charge >= 0.3 is 0 Å². The van der Waals surface area contributed by atoms with E-state index in [0.717, 1.165) is 19.4 Å². The third-order valence-electron chi connectivity index (χ3n) is 5.41. The van der Waals surface area contributed by atoms with Crippen molar-refractivity contribution in [3.63, 3.8) is 0 Å². The first kappa shape index (κ1) is 17.7. The van der Waals surface area contributed by atoms with Gasteiger partial charge in [-0.2, -0.15) is 0 Å². The summed E-state index contributed by atoms with van der Waals surface area (Å²) in [6.45, 7) is 1.21. The molecule has 0 bridgehead atoms. The number of amides is 3. The number of allylic oxidation sites excluding steroid dienone is 2. The number of nitrogens with zero attached hydrogens (tertiary/aromatic N) is 1. The van der Waals surface area contributed by atoms with Gasteiger partial charge in [-0.25, -0.2) is 5.01 Å². The lowest BCUT2D eigenvalue weighted by molar-refractivity contribution is -0.139. The van der Waals surface area contributed by atoms with Gasteiger partial charge in [0.25, 0.3) is 5.91 Å². The smallest absolute Gasteiger partial charge is 0.251 e. The Morgan fingerprint density at radius 3 is 2.81 bits per heavy atom. The highest BCUT2D eigenvalue weighted by Crippen LogP contribution is 2.32. The van der Waals surface area contributed by atoms with Crippen molar-refractivity contribution in [1.82, 2.24) is 10.7 Å². The lowest BCUT2D eigenvalue weighted by Gasteiger charge is -2.38. The van der Waals surface area contributed by atoms with Gasteiger partial charge in [-0.3, -0.25) is 19.8 Å². The van der Waals surface area contributed by atoms with Crippen molar-refractivity contribution in [2.75, 3.05) is 18.2 Å². The first-order chi connectivity index (χ1) is 13.1. The number of carbonyl (C=O) groups is 3. The summed E-state index contributed by atoms with van der Waals surface area (Å²) in [5, 5.41) is 4.15. The molecular formula is C20H23N3O4. The Kier molecular flexibility index (Phi) is 4.94. The van der Waals surface area contributed by atoms with Gasteiger partial charge in [-0.15, -0.1) is 0 Å². The fourth-order valence-electron chi connectivity index (χ4n) is 3.88. The summed E-state index contributed by atoms with van der Waals surface area (Å²) in [4.78, 5) is 37.7. The van der Waals surface area contributed by atoms with Gasteiger partial charge in [0, 0.05) is 18.7 Å². The van der Waals surface area contributed by atoms with Crippen LogP contribution in [0.3, 0.4) is 0 Å². The van der Waals surface area contributed by atoms with Crippen LogP contribution in [0.15, 0.2) is 36.4 Å². The Morgan fingerprint density at radius 2 is 2.04 bits per heavy atom. The van der Waals surface area contributed by atoms with Gasteiger partial charge in [0.05, 0.1) is 23.6 Å². The maximum Gasteiger partial charge on any atom is 0.251 e. The fraction of sp³-hybridized carbons (Fsp3) is 0.450. The second-order valence-electron chi connectivity index (χ2n) is 7.20. The van der Waals surface area contributed by atoms with Crippen molar-refractivity contribution < 1.29 is 19.1 Å². The molecule has 1 aromatic rings. The quantitative estimate of drug-likeness (QED) is 0.789. The van der Waals surface area contributed by atoms with Crippen LogP contribution in [0.5, 0.6) is 0 Å². The normalized spacial score (nSPS) is 27.3. The number of hydrazine groups is 1. The average molecular weight is 369 g/mol. The second kappa shape index (κ2) is 7.52. The number of hydrogen-bond acceptors (Lipinski definition) is 4. The minimum atomic E-state index is -0.347. The summed E-state index contributed by atoms with van der Waals surface area (Å²) in [6.07, 6.45) is 7.08. The third-order valence-corrected chi connectivity index (χ3v) is 5.41. The third kappa shape index (κ3) is 3.60. The van der Waals surface area contributed by atoms with Gasteiger partial charge in [-0.05, 0) is 43.9 Å². The molecule has 0 unspecified atom stereocenters. The molecule has 0 spiro atoms. The number of carbonyl (C=O) groups excluding carboxylic acids is 3. The molecule has 2 aliphatic heterocycles. The molecule has 0 saturated carbocycles. The highest BCUT2D eigenvalue weighted by molar-refractivity contribution is 6.05. The van der Waals surface area contributed by atoms with Crippen molar-refractivity contribution in [3.8, 4) is 0 Å².